The van der Waals surface area contributed by atoms with Crippen molar-refractivity contribution in [3.8, 4) is 5.75 Å². The summed E-state index contributed by atoms with van der Waals surface area (Å²) in [6.07, 6.45) is 1.79. The molecule has 1 N–H and O–H groups in total. The molecule has 0 spiro atoms. The first-order valence-electron chi connectivity index (χ1n) is 9.30. The quantitative estimate of drug-likeness (QED) is 0.805. The molecule has 0 aliphatic heterocycles. The van der Waals surface area contributed by atoms with Crippen LogP contribution in [0.15, 0.2) is 47.4 Å². The van der Waals surface area contributed by atoms with E-state index in [2.05, 4.69) is 10.8 Å². The summed E-state index contributed by atoms with van der Waals surface area (Å²) in [5.41, 5.74) is 2.73. The molecule has 0 aromatic heterocycles. The Morgan fingerprint density at radius 3 is 2.61 bits per heavy atom. The van der Waals surface area contributed by atoms with Gasteiger partial charge in [-0.05, 0) is 56.0 Å². The number of fused-ring (bicyclic) bond motifs is 1. The van der Waals surface area contributed by atoms with Crippen LogP contribution in [0.1, 0.15) is 47.8 Å². The van der Waals surface area contributed by atoms with E-state index in [1.165, 1.54) is 24.8 Å². The SMILES string of the molecule is COc1ccc(C(=O)N(C)C2CCc3ccccc32)cc1S(=O)(=O)NC(C)C. The smallest absolute Gasteiger partial charge is 0.254 e. The van der Waals surface area contributed by atoms with Crippen molar-refractivity contribution in [3.63, 3.8) is 0 Å². The van der Waals surface area contributed by atoms with Crippen LogP contribution in [0.2, 0.25) is 0 Å². The summed E-state index contributed by atoms with van der Waals surface area (Å²) >= 11 is 0. The third-order valence-corrected chi connectivity index (χ3v) is 6.66. The number of rotatable bonds is 6. The maximum atomic E-state index is 13.1. The minimum Gasteiger partial charge on any atom is -0.495 e. The average molecular weight is 403 g/mol. The summed E-state index contributed by atoms with van der Waals surface area (Å²) in [6, 6.07) is 12.4. The first kappa shape index (κ1) is 20.4. The second-order valence-electron chi connectivity index (χ2n) is 7.31. The van der Waals surface area contributed by atoms with Crippen LogP contribution in [0.4, 0.5) is 0 Å². The summed E-state index contributed by atoms with van der Waals surface area (Å²) in [5, 5.41) is 0. The standard InChI is InChI=1S/C21H26N2O4S/c1-14(2)22-28(25,26)20-13-16(10-12-19(20)27-4)21(24)23(3)18-11-9-15-7-5-6-8-17(15)18/h5-8,10,12-14,18,22H,9,11H2,1-4H3. The second-order valence-corrected chi connectivity index (χ2v) is 8.99. The fourth-order valence-corrected chi connectivity index (χ4v) is 5.12. The van der Waals surface area contributed by atoms with Gasteiger partial charge in [0, 0.05) is 18.7 Å². The Kier molecular flexibility index (Phi) is 5.76. The predicted octanol–water partition coefficient (Wildman–Crippen LogP) is 3.14. The number of hydrogen-bond donors (Lipinski definition) is 1. The van der Waals surface area contributed by atoms with Gasteiger partial charge in [-0.15, -0.1) is 0 Å². The molecule has 0 saturated heterocycles. The van der Waals surface area contributed by atoms with E-state index in [1.807, 2.05) is 18.2 Å². The van der Waals surface area contributed by atoms with Gasteiger partial charge in [0.05, 0.1) is 13.2 Å². The van der Waals surface area contributed by atoms with E-state index in [-0.39, 0.29) is 28.6 Å². The third kappa shape index (κ3) is 3.91. The summed E-state index contributed by atoms with van der Waals surface area (Å²) in [7, 11) is -0.624. The fourth-order valence-electron chi connectivity index (χ4n) is 3.68. The summed E-state index contributed by atoms with van der Waals surface area (Å²) in [4.78, 5) is 14.8. The van der Waals surface area contributed by atoms with Crippen LogP contribution in [-0.2, 0) is 16.4 Å². The zero-order valence-electron chi connectivity index (χ0n) is 16.6. The van der Waals surface area contributed by atoms with Crippen LogP contribution >= 0.6 is 0 Å². The molecular weight excluding hydrogens is 376 g/mol. The number of aryl methyl sites for hydroxylation is 1. The van der Waals surface area contributed by atoms with Crippen LogP contribution in [0, 0.1) is 0 Å². The van der Waals surface area contributed by atoms with Gasteiger partial charge >= 0.3 is 0 Å². The van der Waals surface area contributed by atoms with Gasteiger partial charge in [0.1, 0.15) is 10.6 Å². The molecule has 0 fully saturated rings. The molecule has 2 aromatic carbocycles. The molecule has 0 saturated carbocycles. The number of benzene rings is 2. The molecule has 1 aliphatic carbocycles. The van der Waals surface area contributed by atoms with Crippen LogP contribution in [0.25, 0.3) is 0 Å². The van der Waals surface area contributed by atoms with Crippen molar-refractivity contribution in [1.29, 1.82) is 0 Å². The molecule has 1 aliphatic rings. The van der Waals surface area contributed by atoms with Crippen molar-refractivity contribution in [2.24, 2.45) is 0 Å². The number of hydrogen-bond acceptors (Lipinski definition) is 4. The highest BCUT2D eigenvalue weighted by Crippen LogP contribution is 2.36. The molecule has 3 rings (SSSR count). The Hall–Kier alpha value is -2.38. The lowest BCUT2D eigenvalue weighted by Gasteiger charge is -2.26. The van der Waals surface area contributed by atoms with Gasteiger partial charge in [0.25, 0.3) is 5.91 Å². The molecule has 28 heavy (non-hydrogen) atoms. The second kappa shape index (κ2) is 7.93. The Balaban J connectivity index is 1.93. The maximum absolute atomic E-state index is 13.1. The molecule has 150 valence electrons. The van der Waals surface area contributed by atoms with E-state index in [1.54, 1.807) is 31.9 Å². The van der Waals surface area contributed by atoms with Crippen molar-refractivity contribution in [2.75, 3.05) is 14.2 Å². The van der Waals surface area contributed by atoms with Crippen molar-refractivity contribution < 1.29 is 17.9 Å². The van der Waals surface area contributed by atoms with Crippen LogP contribution < -0.4 is 9.46 Å². The molecule has 6 nitrogen and oxygen atoms in total. The van der Waals surface area contributed by atoms with E-state index < -0.39 is 10.0 Å². The highest BCUT2D eigenvalue weighted by molar-refractivity contribution is 7.89. The number of nitrogens with zero attached hydrogens (tertiary/aromatic N) is 1. The minimum absolute atomic E-state index is 0.0142. The Morgan fingerprint density at radius 2 is 1.93 bits per heavy atom. The van der Waals surface area contributed by atoms with Gasteiger partial charge in [-0.2, -0.15) is 0 Å². The summed E-state index contributed by atoms with van der Waals surface area (Å²) in [6.45, 7) is 3.48. The molecule has 1 amide bonds. The molecule has 1 atom stereocenters. The molecular formula is C21H26N2O4S. The predicted molar refractivity (Wildman–Crippen MR) is 108 cm³/mol. The number of carbonyl (C=O) groups is 1. The molecule has 0 bridgehead atoms. The zero-order chi connectivity index (χ0) is 20.5. The first-order valence-corrected chi connectivity index (χ1v) is 10.8. The Labute approximate surface area is 166 Å². The fraction of sp³-hybridized carbons (Fsp3) is 0.381. The lowest BCUT2D eigenvalue weighted by atomic mass is 10.1. The van der Waals surface area contributed by atoms with Crippen molar-refractivity contribution in [3.05, 3.63) is 59.2 Å². The third-order valence-electron chi connectivity index (χ3n) is 4.98. The monoisotopic (exact) mass is 402 g/mol. The van der Waals surface area contributed by atoms with Gasteiger partial charge in [-0.3, -0.25) is 4.79 Å². The largest absolute Gasteiger partial charge is 0.495 e. The van der Waals surface area contributed by atoms with Gasteiger partial charge in [-0.25, -0.2) is 13.1 Å². The number of methoxy groups -OCH3 is 1. The molecule has 0 radical (unpaired) electrons. The van der Waals surface area contributed by atoms with Crippen molar-refractivity contribution in [1.82, 2.24) is 9.62 Å². The average Bonchev–Trinajstić information content (AvgIpc) is 3.09. The highest BCUT2D eigenvalue weighted by atomic mass is 32.2. The number of amides is 1. The molecule has 7 heteroatoms. The molecule has 1 unspecified atom stereocenters. The van der Waals surface area contributed by atoms with Crippen molar-refractivity contribution in [2.45, 2.75) is 43.7 Å². The summed E-state index contributed by atoms with van der Waals surface area (Å²) in [5.74, 6) is -0.0103. The number of carbonyl (C=O) groups excluding carboxylic acids is 1. The van der Waals surface area contributed by atoms with E-state index >= 15 is 0 Å². The van der Waals surface area contributed by atoms with Crippen molar-refractivity contribution >= 4 is 15.9 Å². The minimum atomic E-state index is -3.80. The Bertz CT molecular complexity index is 986. The van der Waals surface area contributed by atoms with E-state index in [0.29, 0.717) is 5.56 Å². The van der Waals surface area contributed by atoms with Gasteiger partial charge < -0.3 is 9.64 Å². The number of ether oxygens (including phenoxy) is 1. The van der Waals surface area contributed by atoms with Crippen LogP contribution in [0.3, 0.4) is 0 Å². The zero-order valence-corrected chi connectivity index (χ0v) is 17.4. The number of sulfonamides is 1. The van der Waals surface area contributed by atoms with Crippen LogP contribution in [0.5, 0.6) is 5.75 Å². The number of nitrogens with one attached hydrogen (secondary N) is 1. The topological polar surface area (TPSA) is 75.7 Å². The lowest BCUT2D eigenvalue weighted by Crippen LogP contribution is -2.32. The molecule has 0 heterocycles. The van der Waals surface area contributed by atoms with Gasteiger partial charge in [0.2, 0.25) is 10.0 Å². The lowest BCUT2D eigenvalue weighted by molar-refractivity contribution is 0.0730. The normalized spacial score (nSPS) is 16.1. The van der Waals surface area contributed by atoms with E-state index in [4.69, 9.17) is 4.74 Å². The van der Waals surface area contributed by atoms with E-state index in [9.17, 15) is 13.2 Å². The highest BCUT2D eigenvalue weighted by Gasteiger charge is 2.30. The maximum Gasteiger partial charge on any atom is 0.254 e. The van der Waals surface area contributed by atoms with Gasteiger partial charge in [-0.1, -0.05) is 24.3 Å². The first-order chi connectivity index (χ1) is 13.2. The van der Waals surface area contributed by atoms with E-state index in [0.717, 1.165) is 18.4 Å². The molecule has 2 aromatic rings. The van der Waals surface area contributed by atoms with Crippen LogP contribution in [-0.4, -0.2) is 39.4 Å². The summed E-state index contributed by atoms with van der Waals surface area (Å²) < 4.78 is 33.1. The Morgan fingerprint density at radius 1 is 1.21 bits per heavy atom. The van der Waals surface area contributed by atoms with Gasteiger partial charge in [0.15, 0.2) is 0 Å².